The molecule has 0 fully saturated rings. The summed E-state index contributed by atoms with van der Waals surface area (Å²) < 4.78 is 48.1. The molecule has 0 saturated carbocycles. The standard InChI is InChI=1S/C18H12F3N5O4/c1-24-16(27)11-4-2-3-5-13(11)25-15(22-23-17(24)25)9-30-14-7-6-10(26(28)29)8-12(14)18(19,20)21/h2-8H,9H2,1H3. The minimum atomic E-state index is -4.86. The topological polar surface area (TPSA) is 105 Å². The fourth-order valence-corrected chi connectivity index (χ4v) is 3.11. The second-order valence-corrected chi connectivity index (χ2v) is 6.36. The van der Waals surface area contributed by atoms with Gasteiger partial charge in [0.05, 0.1) is 15.8 Å². The van der Waals surface area contributed by atoms with Gasteiger partial charge in [-0.1, -0.05) is 12.1 Å². The van der Waals surface area contributed by atoms with Crippen LogP contribution in [0.15, 0.2) is 47.3 Å². The number of fused-ring (bicyclic) bond motifs is 3. The zero-order valence-corrected chi connectivity index (χ0v) is 15.3. The lowest BCUT2D eigenvalue weighted by Crippen LogP contribution is -2.20. The van der Waals surface area contributed by atoms with Gasteiger partial charge in [0.25, 0.3) is 11.2 Å². The summed E-state index contributed by atoms with van der Waals surface area (Å²) in [5, 5.41) is 19.1. The van der Waals surface area contributed by atoms with Crippen LogP contribution in [0.25, 0.3) is 16.7 Å². The number of non-ortho nitro benzene ring substituents is 1. The Kier molecular flexibility index (Phi) is 4.41. The highest BCUT2D eigenvalue weighted by Crippen LogP contribution is 2.38. The molecule has 154 valence electrons. The highest BCUT2D eigenvalue weighted by atomic mass is 19.4. The minimum Gasteiger partial charge on any atom is -0.485 e. The van der Waals surface area contributed by atoms with Crippen molar-refractivity contribution in [2.24, 2.45) is 7.05 Å². The van der Waals surface area contributed by atoms with Gasteiger partial charge in [-0.15, -0.1) is 10.2 Å². The van der Waals surface area contributed by atoms with Crippen molar-refractivity contribution in [3.63, 3.8) is 0 Å². The number of ether oxygens (including phenoxy) is 1. The van der Waals surface area contributed by atoms with Crippen LogP contribution in [0.3, 0.4) is 0 Å². The van der Waals surface area contributed by atoms with Crippen LogP contribution >= 0.6 is 0 Å². The first-order chi connectivity index (χ1) is 14.2. The molecule has 12 heteroatoms. The van der Waals surface area contributed by atoms with E-state index >= 15 is 0 Å². The molecule has 0 aliphatic rings. The average molecular weight is 419 g/mol. The van der Waals surface area contributed by atoms with Gasteiger partial charge in [-0.05, 0) is 18.2 Å². The Morgan fingerprint density at radius 1 is 1.17 bits per heavy atom. The summed E-state index contributed by atoms with van der Waals surface area (Å²) in [7, 11) is 1.50. The Bertz CT molecular complexity index is 1360. The van der Waals surface area contributed by atoms with E-state index in [1.54, 1.807) is 24.3 Å². The number of benzene rings is 2. The Morgan fingerprint density at radius 2 is 1.90 bits per heavy atom. The summed E-state index contributed by atoms with van der Waals surface area (Å²) in [5.41, 5.74) is -1.81. The molecule has 0 radical (unpaired) electrons. The van der Waals surface area contributed by atoms with Crippen molar-refractivity contribution in [2.45, 2.75) is 12.8 Å². The molecular weight excluding hydrogens is 407 g/mol. The van der Waals surface area contributed by atoms with E-state index in [2.05, 4.69) is 10.2 Å². The molecule has 0 amide bonds. The largest absolute Gasteiger partial charge is 0.485 e. The molecule has 2 aromatic carbocycles. The molecule has 0 aliphatic carbocycles. The summed E-state index contributed by atoms with van der Waals surface area (Å²) in [6.45, 7) is -0.412. The third-order valence-corrected chi connectivity index (χ3v) is 4.53. The number of aromatic nitrogens is 4. The maximum Gasteiger partial charge on any atom is 0.420 e. The number of aryl methyl sites for hydroxylation is 1. The number of nitro groups is 1. The number of halogens is 3. The number of hydrogen-bond donors (Lipinski definition) is 0. The molecule has 2 aromatic heterocycles. The predicted octanol–water partition coefficient (Wildman–Crippen LogP) is 3.09. The van der Waals surface area contributed by atoms with E-state index in [9.17, 15) is 28.1 Å². The molecule has 4 rings (SSSR count). The highest BCUT2D eigenvalue weighted by Gasteiger charge is 2.36. The van der Waals surface area contributed by atoms with E-state index in [0.29, 0.717) is 17.0 Å². The quantitative estimate of drug-likeness (QED) is 0.372. The Labute approximate surface area is 165 Å². The summed E-state index contributed by atoms with van der Waals surface area (Å²) in [6.07, 6.45) is -4.86. The lowest BCUT2D eigenvalue weighted by molar-refractivity contribution is -0.385. The zero-order chi connectivity index (χ0) is 21.6. The van der Waals surface area contributed by atoms with Gasteiger partial charge < -0.3 is 4.74 Å². The summed E-state index contributed by atoms with van der Waals surface area (Å²) in [4.78, 5) is 22.3. The molecule has 0 unspecified atom stereocenters. The molecule has 0 aliphatic heterocycles. The SMILES string of the molecule is Cn1c(=O)c2ccccc2n2c(COc3ccc([N+](=O)[O-])cc3C(F)(F)F)nnc12. The van der Waals surface area contributed by atoms with Crippen LogP contribution in [-0.2, 0) is 19.8 Å². The molecule has 0 saturated heterocycles. The second kappa shape index (κ2) is 6.83. The van der Waals surface area contributed by atoms with Crippen LogP contribution in [0.4, 0.5) is 18.9 Å². The van der Waals surface area contributed by atoms with Gasteiger partial charge in [0, 0.05) is 19.2 Å². The van der Waals surface area contributed by atoms with E-state index in [4.69, 9.17) is 4.74 Å². The summed E-state index contributed by atoms with van der Waals surface area (Å²) in [6, 6.07) is 8.87. The molecule has 0 bridgehead atoms. The van der Waals surface area contributed by atoms with Crippen molar-refractivity contribution in [3.05, 3.63) is 74.3 Å². The smallest absolute Gasteiger partial charge is 0.420 e. The van der Waals surface area contributed by atoms with E-state index < -0.39 is 34.7 Å². The van der Waals surface area contributed by atoms with Gasteiger partial charge in [0.15, 0.2) is 5.82 Å². The third-order valence-electron chi connectivity index (χ3n) is 4.53. The first kappa shape index (κ1) is 19.4. The summed E-state index contributed by atoms with van der Waals surface area (Å²) >= 11 is 0. The van der Waals surface area contributed by atoms with Crippen molar-refractivity contribution >= 4 is 22.4 Å². The fourth-order valence-electron chi connectivity index (χ4n) is 3.11. The van der Waals surface area contributed by atoms with E-state index in [1.807, 2.05) is 0 Å². The molecular formula is C18H12F3N5O4. The van der Waals surface area contributed by atoms with Gasteiger partial charge in [-0.2, -0.15) is 13.2 Å². The van der Waals surface area contributed by atoms with Gasteiger partial charge >= 0.3 is 6.18 Å². The Morgan fingerprint density at radius 3 is 2.60 bits per heavy atom. The van der Waals surface area contributed by atoms with Crippen LogP contribution in [0.5, 0.6) is 5.75 Å². The summed E-state index contributed by atoms with van der Waals surface area (Å²) in [5.74, 6) is -0.237. The van der Waals surface area contributed by atoms with Crippen LogP contribution in [0.1, 0.15) is 11.4 Å². The molecule has 30 heavy (non-hydrogen) atoms. The van der Waals surface area contributed by atoms with Gasteiger partial charge in [-0.25, -0.2) is 0 Å². The van der Waals surface area contributed by atoms with Crippen molar-refractivity contribution < 1.29 is 22.8 Å². The fraction of sp³-hybridized carbons (Fsp3) is 0.167. The number of alkyl halides is 3. The zero-order valence-electron chi connectivity index (χ0n) is 15.3. The van der Waals surface area contributed by atoms with E-state index in [-0.39, 0.29) is 17.2 Å². The van der Waals surface area contributed by atoms with Gasteiger partial charge in [0.1, 0.15) is 17.9 Å². The normalized spacial score (nSPS) is 11.9. The monoisotopic (exact) mass is 419 g/mol. The number of para-hydroxylation sites is 1. The minimum absolute atomic E-state index is 0.156. The molecule has 0 spiro atoms. The van der Waals surface area contributed by atoms with E-state index in [0.717, 1.165) is 12.1 Å². The molecule has 0 atom stereocenters. The van der Waals surface area contributed by atoms with Crippen LogP contribution < -0.4 is 10.3 Å². The number of rotatable bonds is 4. The molecule has 4 aromatic rings. The van der Waals surface area contributed by atoms with Crippen molar-refractivity contribution in [3.8, 4) is 5.75 Å². The highest BCUT2D eigenvalue weighted by molar-refractivity contribution is 5.80. The van der Waals surface area contributed by atoms with Gasteiger partial charge in [-0.3, -0.25) is 23.9 Å². The van der Waals surface area contributed by atoms with Crippen molar-refractivity contribution in [2.75, 3.05) is 0 Å². The number of nitro benzene ring substituents is 1. The molecule has 2 heterocycles. The Hall–Kier alpha value is -3.96. The van der Waals surface area contributed by atoms with Crippen molar-refractivity contribution in [1.82, 2.24) is 19.2 Å². The lowest BCUT2D eigenvalue weighted by atomic mass is 10.1. The van der Waals surface area contributed by atoms with Gasteiger partial charge in [0.2, 0.25) is 5.78 Å². The lowest BCUT2D eigenvalue weighted by Gasteiger charge is -2.13. The number of hydrogen-bond acceptors (Lipinski definition) is 6. The van der Waals surface area contributed by atoms with Crippen LogP contribution in [0, 0.1) is 10.1 Å². The first-order valence-electron chi connectivity index (χ1n) is 8.48. The van der Waals surface area contributed by atoms with E-state index in [1.165, 1.54) is 16.0 Å². The maximum absolute atomic E-state index is 13.3. The van der Waals surface area contributed by atoms with Crippen LogP contribution in [-0.4, -0.2) is 24.1 Å². The van der Waals surface area contributed by atoms with Crippen molar-refractivity contribution in [1.29, 1.82) is 0 Å². The number of nitrogens with zero attached hydrogens (tertiary/aromatic N) is 5. The van der Waals surface area contributed by atoms with Crippen LogP contribution in [0.2, 0.25) is 0 Å². The third kappa shape index (κ3) is 3.11. The second-order valence-electron chi connectivity index (χ2n) is 6.36. The predicted molar refractivity (Wildman–Crippen MR) is 98.2 cm³/mol. The first-order valence-corrected chi connectivity index (χ1v) is 8.48. The molecule has 9 nitrogen and oxygen atoms in total. The average Bonchev–Trinajstić information content (AvgIpc) is 3.14. The Balaban J connectivity index is 1.79. The molecule has 0 N–H and O–H groups in total. The maximum atomic E-state index is 13.3.